The van der Waals surface area contributed by atoms with Crippen molar-refractivity contribution in [3.8, 4) is 0 Å². The minimum Gasteiger partial charge on any atom is -0.343 e. The molecule has 2 fully saturated rings. The van der Waals surface area contributed by atoms with Crippen LogP contribution in [0.4, 0.5) is 0 Å². The zero-order valence-corrected chi connectivity index (χ0v) is 20.7. The third-order valence-electron chi connectivity index (χ3n) is 7.20. The molecule has 2 heterocycles. The molecule has 0 aromatic heterocycles. The maximum atomic E-state index is 12.7. The van der Waals surface area contributed by atoms with Crippen LogP contribution >= 0.6 is 24.0 Å². The average molecular weight is 476 g/mol. The Balaban J connectivity index is 0.00000289. The van der Waals surface area contributed by atoms with Crippen LogP contribution in [0.1, 0.15) is 74.1 Å². The van der Waals surface area contributed by atoms with E-state index in [-0.39, 0.29) is 12.4 Å². The first-order valence-corrected chi connectivity index (χ1v) is 12.3. The van der Waals surface area contributed by atoms with E-state index >= 15 is 0 Å². The van der Waals surface area contributed by atoms with E-state index in [0.717, 1.165) is 43.8 Å². The lowest BCUT2D eigenvalue weighted by molar-refractivity contribution is -0.132. The third kappa shape index (κ3) is 6.50. The van der Waals surface area contributed by atoms with Gasteiger partial charge in [-0.3, -0.25) is 9.69 Å². The Morgan fingerprint density at radius 2 is 1.59 bits per heavy atom. The van der Waals surface area contributed by atoms with Crippen LogP contribution in [0.2, 0.25) is 5.02 Å². The Hall–Kier alpha value is -1.55. The summed E-state index contributed by atoms with van der Waals surface area (Å²) >= 11 is 6.00. The average Bonchev–Trinajstić information content (AvgIpc) is 3.35. The van der Waals surface area contributed by atoms with Crippen LogP contribution in [0.3, 0.4) is 0 Å². The Labute approximate surface area is 204 Å². The van der Waals surface area contributed by atoms with Crippen molar-refractivity contribution in [1.29, 1.82) is 0 Å². The van der Waals surface area contributed by atoms with Gasteiger partial charge in [0.2, 0.25) is 5.91 Å². The van der Waals surface area contributed by atoms with Crippen LogP contribution in [-0.4, -0.2) is 41.9 Å². The molecule has 0 aliphatic carbocycles. The zero-order chi connectivity index (χ0) is 21.6. The van der Waals surface area contributed by atoms with Gasteiger partial charge < -0.3 is 4.90 Å². The summed E-state index contributed by atoms with van der Waals surface area (Å²) in [5, 5.41) is 0.784. The van der Waals surface area contributed by atoms with Gasteiger partial charge in [-0.25, -0.2) is 0 Å². The van der Waals surface area contributed by atoms with Gasteiger partial charge in [0.15, 0.2) is 0 Å². The van der Waals surface area contributed by atoms with Gasteiger partial charge in [-0.15, -0.1) is 12.4 Å². The lowest BCUT2D eigenvalue weighted by Gasteiger charge is -2.32. The highest BCUT2D eigenvalue weighted by atomic mass is 35.5. The number of rotatable bonds is 7. The molecule has 32 heavy (non-hydrogen) atoms. The number of likely N-dealkylation sites (tertiary alicyclic amines) is 2. The summed E-state index contributed by atoms with van der Waals surface area (Å²) in [5.41, 5.74) is 4.09. The van der Waals surface area contributed by atoms with E-state index < -0.39 is 0 Å². The van der Waals surface area contributed by atoms with Gasteiger partial charge in [0, 0.05) is 30.6 Å². The van der Waals surface area contributed by atoms with Crippen molar-refractivity contribution < 1.29 is 4.79 Å². The molecule has 0 bridgehead atoms. The molecule has 0 saturated carbocycles. The van der Waals surface area contributed by atoms with Crippen LogP contribution in [0.25, 0.3) is 0 Å². The van der Waals surface area contributed by atoms with E-state index in [0.29, 0.717) is 24.3 Å². The highest BCUT2D eigenvalue weighted by Gasteiger charge is 2.23. The second kappa shape index (κ2) is 12.1. The van der Waals surface area contributed by atoms with Gasteiger partial charge in [0.05, 0.1) is 0 Å². The molecule has 0 N–H and O–H groups in total. The number of benzene rings is 2. The smallest absolute Gasteiger partial charge is 0.222 e. The maximum Gasteiger partial charge on any atom is 0.222 e. The van der Waals surface area contributed by atoms with Crippen molar-refractivity contribution in [2.45, 2.75) is 63.8 Å². The lowest BCUT2D eigenvalue weighted by Crippen LogP contribution is -2.37. The van der Waals surface area contributed by atoms with Gasteiger partial charge in [0.1, 0.15) is 0 Å². The second-order valence-electron chi connectivity index (χ2n) is 9.22. The predicted molar refractivity (Wildman–Crippen MR) is 136 cm³/mol. The Kier molecular flexibility index (Phi) is 9.46. The summed E-state index contributed by atoms with van der Waals surface area (Å²) in [7, 11) is 0. The fourth-order valence-corrected chi connectivity index (χ4v) is 5.23. The van der Waals surface area contributed by atoms with Gasteiger partial charge >= 0.3 is 0 Å². The molecule has 2 aliphatic heterocycles. The normalized spacial score (nSPS) is 18.4. The number of aryl methyl sites for hydroxylation is 1. The predicted octanol–water partition coefficient (Wildman–Crippen LogP) is 6.65. The first-order chi connectivity index (χ1) is 15.1. The molecule has 5 heteroatoms. The molecule has 1 atom stereocenters. The summed E-state index contributed by atoms with van der Waals surface area (Å²) in [6, 6.07) is 17.8. The van der Waals surface area contributed by atoms with Crippen LogP contribution in [0, 0.1) is 0 Å². The molecule has 0 radical (unpaired) electrons. The lowest BCUT2D eigenvalue weighted by atomic mass is 9.89. The number of halogens is 2. The fraction of sp³-hybridized carbons (Fsp3) is 0.519. The van der Waals surface area contributed by atoms with E-state index in [1.165, 1.54) is 42.6 Å². The molecule has 4 rings (SSSR count). The van der Waals surface area contributed by atoms with Crippen LogP contribution in [0.15, 0.2) is 48.5 Å². The van der Waals surface area contributed by atoms with Gasteiger partial charge in [0.25, 0.3) is 0 Å². The third-order valence-corrected chi connectivity index (χ3v) is 7.45. The van der Waals surface area contributed by atoms with Crippen molar-refractivity contribution in [1.82, 2.24) is 9.80 Å². The molecule has 1 unspecified atom stereocenters. The SMILES string of the molecule is CC(c1ccc(CCCC(=O)N2CCC(c3ccc(Cl)cc3)CC2)cc1)N1CCCC1.Cl. The molecule has 1 amide bonds. The van der Waals surface area contributed by atoms with Gasteiger partial charge in [-0.2, -0.15) is 0 Å². The van der Waals surface area contributed by atoms with Gasteiger partial charge in [-0.05, 0) is 93.3 Å². The van der Waals surface area contributed by atoms with Crippen LogP contribution in [0.5, 0.6) is 0 Å². The largest absolute Gasteiger partial charge is 0.343 e. The van der Waals surface area contributed by atoms with Gasteiger partial charge in [-0.1, -0.05) is 48.0 Å². The van der Waals surface area contributed by atoms with Crippen LogP contribution in [-0.2, 0) is 11.2 Å². The Morgan fingerprint density at radius 1 is 0.969 bits per heavy atom. The van der Waals surface area contributed by atoms with E-state index in [1.54, 1.807) is 0 Å². The summed E-state index contributed by atoms with van der Waals surface area (Å²) < 4.78 is 0. The molecule has 2 saturated heterocycles. The number of carbonyl (C=O) groups excluding carboxylic acids is 1. The molecule has 2 aromatic carbocycles. The molecular weight excluding hydrogens is 439 g/mol. The number of nitrogens with zero attached hydrogens (tertiary/aromatic N) is 2. The van der Waals surface area contributed by atoms with Crippen molar-refractivity contribution in [2.75, 3.05) is 26.2 Å². The summed E-state index contributed by atoms with van der Waals surface area (Å²) in [4.78, 5) is 17.3. The van der Waals surface area contributed by atoms with E-state index in [2.05, 4.69) is 53.1 Å². The van der Waals surface area contributed by atoms with E-state index in [1.807, 2.05) is 12.1 Å². The van der Waals surface area contributed by atoms with Crippen molar-refractivity contribution in [3.63, 3.8) is 0 Å². The van der Waals surface area contributed by atoms with E-state index in [9.17, 15) is 4.79 Å². The molecular formula is C27H36Cl2N2O. The number of piperidine rings is 1. The van der Waals surface area contributed by atoms with Crippen LogP contribution < -0.4 is 0 Å². The Morgan fingerprint density at radius 3 is 2.22 bits per heavy atom. The first-order valence-electron chi connectivity index (χ1n) is 12.0. The first kappa shape index (κ1) is 25.1. The standard InChI is InChI=1S/C27H35ClN2O.ClH/c1-21(29-17-2-3-18-29)23-9-7-22(8-10-23)5-4-6-27(31)30-19-15-25(16-20-30)24-11-13-26(28)14-12-24;/h7-14,21,25H,2-6,15-20H2,1H3;1H. The molecule has 0 spiro atoms. The highest BCUT2D eigenvalue weighted by Crippen LogP contribution is 2.29. The highest BCUT2D eigenvalue weighted by molar-refractivity contribution is 6.30. The molecule has 2 aliphatic rings. The minimum absolute atomic E-state index is 0. The van der Waals surface area contributed by atoms with Crippen molar-refractivity contribution in [3.05, 3.63) is 70.2 Å². The summed E-state index contributed by atoms with van der Waals surface area (Å²) in [6.45, 7) is 6.50. The monoisotopic (exact) mass is 474 g/mol. The second-order valence-corrected chi connectivity index (χ2v) is 9.66. The molecule has 2 aromatic rings. The number of hydrogen-bond donors (Lipinski definition) is 0. The topological polar surface area (TPSA) is 23.6 Å². The van der Waals surface area contributed by atoms with Crippen molar-refractivity contribution >= 4 is 29.9 Å². The maximum absolute atomic E-state index is 12.7. The number of amides is 1. The number of hydrogen-bond acceptors (Lipinski definition) is 2. The quantitative estimate of drug-likeness (QED) is 0.448. The summed E-state index contributed by atoms with van der Waals surface area (Å²) in [6.07, 6.45) is 7.30. The van der Waals surface area contributed by atoms with E-state index in [4.69, 9.17) is 11.6 Å². The fourth-order valence-electron chi connectivity index (χ4n) is 5.10. The minimum atomic E-state index is 0. The molecule has 3 nitrogen and oxygen atoms in total. The number of carbonyl (C=O) groups is 1. The Bertz CT molecular complexity index is 839. The molecule has 174 valence electrons. The summed E-state index contributed by atoms with van der Waals surface area (Å²) in [5.74, 6) is 0.858. The van der Waals surface area contributed by atoms with Crippen molar-refractivity contribution in [2.24, 2.45) is 0 Å². The zero-order valence-electron chi connectivity index (χ0n) is 19.1.